The Labute approximate surface area is 129 Å². The highest BCUT2D eigenvalue weighted by Crippen LogP contribution is 2.31. The quantitative estimate of drug-likeness (QED) is 0.832. The van der Waals surface area contributed by atoms with Crippen molar-refractivity contribution in [3.8, 4) is 11.8 Å². The van der Waals surface area contributed by atoms with Gasteiger partial charge in [-0.05, 0) is 36.4 Å². The largest absolute Gasteiger partial charge is 0.468 e. The van der Waals surface area contributed by atoms with Crippen molar-refractivity contribution in [2.45, 2.75) is 38.4 Å². The highest BCUT2D eigenvalue weighted by Gasteiger charge is 2.30. The Morgan fingerprint density at radius 1 is 1.33 bits per heavy atom. The molecule has 1 aliphatic rings. The molecule has 3 nitrogen and oxygen atoms in total. The number of aliphatic hydroxyl groups is 1. The molecule has 0 bridgehead atoms. The van der Waals surface area contributed by atoms with Crippen LogP contribution >= 0.6 is 11.3 Å². The molecule has 0 spiro atoms. The Hall–Kier alpha value is -1.54. The predicted octanol–water partition coefficient (Wildman–Crippen LogP) is 3.24. The lowest BCUT2D eigenvalue weighted by Crippen LogP contribution is -2.24. The van der Waals surface area contributed by atoms with E-state index in [1.807, 2.05) is 12.1 Å². The van der Waals surface area contributed by atoms with E-state index in [-0.39, 0.29) is 6.61 Å². The van der Waals surface area contributed by atoms with Gasteiger partial charge in [-0.1, -0.05) is 11.8 Å². The second kappa shape index (κ2) is 6.95. The Morgan fingerprint density at radius 3 is 2.95 bits per heavy atom. The molecule has 2 aromatic rings. The van der Waals surface area contributed by atoms with Crippen molar-refractivity contribution in [1.29, 1.82) is 0 Å². The maximum absolute atomic E-state index is 8.82. The second-order valence-corrected chi connectivity index (χ2v) is 6.25. The van der Waals surface area contributed by atoms with Crippen LogP contribution in [0, 0.1) is 11.8 Å². The summed E-state index contributed by atoms with van der Waals surface area (Å²) in [6.45, 7) is 1.91. The predicted molar refractivity (Wildman–Crippen MR) is 83.9 cm³/mol. The van der Waals surface area contributed by atoms with Crippen molar-refractivity contribution in [3.63, 3.8) is 0 Å². The van der Waals surface area contributed by atoms with Gasteiger partial charge in [-0.25, -0.2) is 0 Å². The van der Waals surface area contributed by atoms with Gasteiger partial charge in [0.1, 0.15) is 5.76 Å². The van der Waals surface area contributed by atoms with Gasteiger partial charge in [-0.2, -0.15) is 0 Å². The fraction of sp³-hybridized carbons (Fsp3) is 0.412. The van der Waals surface area contributed by atoms with Gasteiger partial charge in [0, 0.05) is 29.4 Å². The van der Waals surface area contributed by atoms with Gasteiger partial charge in [0.2, 0.25) is 0 Å². The standard InChI is InChI=1S/C17H19NO2S/c19-9-2-1-4-14-8-11-21-17(14)13-18(15-6-7-15)12-16-5-3-10-20-16/h3,5,8,10-11,15,19H,2,6-7,9,12-13H2. The molecule has 0 aliphatic heterocycles. The van der Waals surface area contributed by atoms with E-state index in [2.05, 4.69) is 28.2 Å². The van der Waals surface area contributed by atoms with Gasteiger partial charge < -0.3 is 9.52 Å². The van der Waals surface area contributed by atoms with E-state index in [4.69, 9.17) is 9.52 Å². The molecule has 1 saturated carbocycles. The van der Waals surface area contributed by atoms with Crippen LogP contribution in [-0.4, -0.2) is 22.7 Å². The van der Waals surface area contributed by atoms with Crippen molar-refractivity contribution in [2.24, 2.45) is 0 Å². The summed E-state index contributed by atoms with van der Waals surface area (Å²) in [6.07, 6.45) is 4.82. The molecule has 2 heterocycles. The van der Waals surface area contributed by atoms with Crippen LogP contribution in [0.1, 0.15) is 35.5 Å². The lowest BCUT2D eigenvalue weighted by Gasteiger charge is -2.20. The Morgan fingerprint density at radius 2 is 2.24 bits per heavy atom. The van der Waals surface area contributed by atoms with E-state index in [9.17, 15) is 0 Å². The van der Waals surface area contributed by atoms with Gasteiger partial charge >= 0.3 is 0 Å². The third-order valence-corrected chi connectivity index (χ3v) is 4.46. The van der Waals surface area contributed by atoms with Crippen LogP contribution in [0.4, 0.5) is 0 Å². The van der Waals surface area contributed by atoms with Crippen molar-refractivity contribution < 1.29 is 9.52 Å². The minimum atomic E-state index is 0.124. The first-order chi connectivity index (χ1) is 10.4. The zero-order chi connectivity index (χ0) is 14.5. The minimum Gasteiger partial charge on any atom is -0.468 e. The van der Waals surface area contributed by atoms with Gasteiger partial charge in [0.25, 0.3) is 0 Å². The van der Waals surface area contributed by atoms with Gasteiger partial charge in [-0.15, -0.1) is 11.3 Å². The molecule has 0 aromatic carbocycles. The molecule has 0 saturated heterocycles. The first kappa shape index (κ1) is 14.4. The average molecular weight is 301 g/mol. The third-order valence-electron chi connectivity index (χ3n) is 3.55. The van der Waals surface area contributed by atoms with Crippen LogP contribution in [0.15, 0.2) is 34.3 Å². The number of rotatable bonds is 6. The van der Waals surface area contributed by atoms with E-state index >= 15 is 0 Å². The molecule has 1 fully saturated rings. The molecular weight excluding hydrogens is 282 g/mol. The molecule has 1 N–H and O–H groups in total. The normalized spacial score (nSPS) is 14.2. The number of furan rings is 1. The zero-order valence-corrected chi connectivity index (χ0v) is 12.7. The van der Waals surface area contributed by atoms with Crippen LogP contribution in [0.25, 0.3) is 0 Å². The van der Waals surface area contributed by atoms with Crippen molar-refractivity contribution in [3.05, 3.63) is 46.0 Å². The van der Waals surface area contributed by atoms with E-state index in [0.29, 0.717) is 12.5 Å². The Kier molecular flexibility index (Phi) is 4.76. The number of thiophene rings is 1. The molecule has 4 heteroatoms. The second-order valence-electron chi connectivity index (χ2n) is 5.25. The lowest BCUT2D eigenvalue weighted by atomic mass is 10.2. The van der Waals surface area contributed by atoms with Crippen LogP contribution in [0.2, 0.25) is 0 Å². The molecule has 0 unspecified atom stereocenters. The molecule has 0 amide bonds. The van der Waals surface area contributed by atoms with Gasteiger partial charge in [0.15, 0.2) is 0 Å². The first-order valence-electron chi connectivity index (χ1n) is 7.29. The van der Waals surface area contributed by atoms with Crippen molar-refractivity contribution in [2.75, 3.05) is 6.61 Å². The summed E-state index contributed by atoms with van der Waals surface area (Å²) in [4.78, 5) is 3.78. The van der Waals surface area contributed by atoms with Crippen LogP contribution in [0.5, 0.6) is 0 Å². The number of hydrogen-bond donors (Lipinski definition) is 1. The van der Waals surface area contributed by atoms with Crippen molar-refractivity contribution in [1.82, 2.24) is 4.90 Å². The first-order valence-corrected chi connectivity index (χ1v) is 8.17. The molecule has 0 radical (unpaired) electrons. The van der Waals surface area contributed by atoms with Crippen molar-refractivity contribution >= 4 is 11.3 Å². The molecule has 0 atom stereocenters. The topological polar surface area (TPSA) is 36.6 Å². The highest BCUT2D eigenvalue weighted by atomic mass is 32.1. The van der Waals surface area contributed by atoms with E-state index < -0.39 is 0 Å². The van der Waals surface area contributed by atoms with Crippen LogP contribution in [0.3, 0.4) is 0 Å². The zero-order valence-electron chi connectivity index (χ0n) is 11.9. The maximum Gasteiger partial charge on any atom is 0.117 e. The summed E-state index contributed by atoms with van der Waals surface area (Å²) in [6, 6.07) is 6.72. The van der Waals surface area contributed by atoms with Gasteiger partial charge in [0.05, 0.1) is 19.4 Å². The summed E-state index contributed by atoms with van der Waals surface area (Å²) in [7, 11) is 0. The molecule has 2 aromatic heterocycles. The SMILES string of the molecule is OCCC#Cc1ccsc1CN(Cc1ccco1)C1CC1. The lowest BCUT2D eigenvalue weighted by molar-refractivity contribution is 0.227. The number of hydrogen-bond acceptors (Lipinski definition) is 4. The Balaban J connectivity index is 1.69. The fourth-order valence-electron chi connectivity index (χ4n) is 2.33. The van der Waals surface area contributed by atoms with E-state index in [0.717, 1.165) is 24.4 Å². The molecule has 3 rings (SSSR count). The number of nitrogens with zero attached hydrogens (tertiary/aromatic N) is 1. The number of aliphatic hydroxyl groups excluding tert-OH is 1. The monoisotopic (exact) mass is 301 g/mol. The Bertz CT molecular complexity index is 617. The minimum absolute atomic E-state index is 0.124. The highest BCUT2D eigenvalue weighted by molar-refractivity contribution is 7.10. The maximum atomic E-state index is 8.82. The summed E-state index contributed by atoms with van der Waals surface area (Å²) >= 11 is 1.76. The fourth-order valence-corrected chi connectivity index (χ4v) is 3.18. The summed E-state index contributed by atoms with van der Waals surface area (Å²) in [5.74, 6) is 7.20. The molecule has 21 heavy (non-hydrogen) atoms. The summed E-state index contributed by atoms with van der Waals surface area (Å²) < 4.78 is 5.48. The molecular formula is C17H19NO2S. The van der Waals surface area contributed by atoms with Crippen LogP contribution < -0.4 is 0 Å². The summed E-state index contributed by atoms with van der Waals surface area (Å²) in [5.41, 5.74) is 1.10. The van der Waals surface area contributed by atoms with E-state index in [1.165, 1.54) is 17.7 Å². The molecule has 110 valence electrons. The van der Waals surface area contributed by atoms with E-state index in [1.54, 1.807) is 17.6 Å². The smallest absolute Gasteiger partial charge is 0.117 e. The summed E-state index contributed by atoms with van der Waals surface area (Å²) in [5, 5.41) is 10.9. The molecule has 1 aliphatic carbocycles. The van der Waals surface area contributed by atoms with Crippen LogP contribution in [-0.2, 0) is 13.1 Å². The average Bonchev–Trinajstić information content (AvgIpc) is 3.04. The third kappa shape index (κ3) is 3.98. The van der Waals surface area contributed by atoms with Gasteiger partial charge in [-0.3, -0.25) is 4.90 Å².